The van der Waals surface area contributed by atoms with Gasteiger partial charge in [-0.1, -0.05) is 20.3 Å². The zero-order valence-corrected chi connectivity index (χ0v) is 11.0. The van der Waals surface area contributed by atoms with Crippen LogP contribution >= 0.6 is 0 Å². The van der Waals surface area contributed by atoms with E-state index in [1.807, 2.05) is 13.8 Å². The van der Waals surface area contributed by atoms with E-state index in [0.717, 1.165) is 25.0 Å². The summed E-state index contributed by atoms with van der Waals surface area (Å²) < 4.78 is 0. The molecule has 0 amide bonds. The Kier molecular flexibility index (Phi) is 9.49. The Balaban J connectivity index is 0. The predicted molar refractivity (Wildman–Crippen MR) is 49.2 cm³/mol. The van der Waals surface area contributed by atoms with Gasteiger partial charge in [0, 0.05) is 53.1 Å². The van der Waals surface area contributed by atoms with Crippen LogP contribution in [0, 0.1) is 40.4 Å². The van der Waals surface area contributed by atoms with Crippen LogP contribution in [0.4, 0.5) is 0 Å². The monoisotopic (exact) mass is 309 g/mol. The van der Waals surface area contributed by atoms with Crippen LogP contribution in [0.15, 0.2) is 4.99 Å². The summed E-state index contributed by atoms with van der Waals surface area (Å²) >= 11 is 0. The predicted octanol–water partition coefficient (Wildman–Crippen LogP) is 2.02. The van der Waals surface area contributed by atoms with Gasteiger partial charge in [-0.05, 0) is 19.8 Å². The zero-order chi connectivity index (χ0) is 8.91. The molecule has 2 nitrogen and oxygen atoms in total. The van der Waals surface area contributed by atoms with Gasteiger partial charge in [-0.15, -0.1) is 0 Å². The van der Waals surface area contributed by atoms with Crippen LogP contribution in [-0.2, 0) is 0 Å². The summed E-state index contributed by atoms with van der Waals surface area (Å²) in [7, 11) is 1.73. The van der Waals surface area contributed by atoms with Gasteiger partial charge in [-0.2, -0.15) is 0 Å². The summed E-state index contributed by atoms with van der Waals surface area (Å²) in [6.45, 7) is 5.95. The van der Waals surface area contributed by atoms with E-state index in [1.54, 1.807) is 7.05 Å². The van der Waals surface area contributed by atoms with Gasteiger partial charge in [-0.3, -0.25) is 4.99 Å². The molecule has 0 rings (SSSR count). The smallest absolute Gasteiger partial charge is 0.102 e. The first-order chi connectivity index (χ1) is 5.10. The molecule has 0 radical (unpaired) electrons. The number of rotatable bonds is 4. The Hall–Kier alpha value is 0.968. The Morgan fingerprint density at radius 3 is 2.17 bits per heavy atom. The van der Waals surface area contributed by atoms with Crippen LogP contribution in [0.1, 0.15) is 40.0 Å². The molecule has 0 saturated carbocycles. The van der Waals surface area contributed by atoms with Gasteiger partial charge in [0.1, 0.15) is 5.60 Å². The van der Waals surface area contributed by atoms with E-state index in [2.05, 4.69) is 11.9 Å². The second-order valence-corrected chi connectivity index (χ2v) is 2.94. The first kappa shape index (κ1) is 15.4. The maximum Gasteiger partial charge on any atom is 0.102 e. The Bertz CT molecular complexity index is 147. The van der Waals surface area contributed by atoms with Crippen LogP contribution < -0.4 is 0 Å². The van der Waals surface area contributed by atoms with Crippen molar-refractivity contribution in [2.24, 2.45) is 4.99 Å². The van der Waals surface area contributed by atoms with E-state index < -0.39 is 5.60 Å². The van der Waals surface area contributed by atoms with Crippen LogP contribution in [0.3, 0.4) is 0 Å². The zero-order valence-electron chi connectivity index (χ0n) is 8.42. The largest absolute Gasteiger partial charge is 0.384 e. The van der Waals surface area contributed by atoms with Crippen LogP contribution in [-0.4, -0.2) is 23.5 Å². The number of aliphatic hydroxyl groups is 1. The Morgan fingerprint density at radius 2 is 1.92 bits per heavy atom. The summed E-state index contributed by atoms with van der Waals surface area (Å²) in [5.74, 6) is 0. The molecule has 0 heterocycles. The van der Waals surface area contributed by atoms with Gasteiger partial charge >= 0.3 is 0 Å². The summed E-state index contributed by atoms with van der Waals surface area (Å²) in [4.78, 5) is 4.02. The van der Waals surface area contributed by atoms with Gasteiger partial charge in [0.2, 0.25) is 0 Å². The maximum atomic E-state index is 9.96. The molecule has 1 N–H and O–H groups in total. The second kappa shape index (κ2) is 7.38. The Morgan fingerprint density at radius 1 is 1.42 bits per heavy atom. The van der Waals surface area contributed by atoms with Crippen molar-refractivity contribution in [2.45, 2.75) is 45.6 Å². The minimum Gasteiger partial charge on any atom is -0.384 e. The van der Waals surface area contributed by atoms with Crippen molar-refractivity contribution >= 4 is 5.71 Å². The van der Waals surface area contributed by atoms with Gasteiger partial charge in [0.15, 0.2) is 0 Å². The van der Waals surface area contributed by atoms with Crippen molar-refractivity contribution < 1.29 is 45.5 Å². The average molecular weight is 308 g/mol. The quantitative estimate of drug-likeness (QED) is 0.792. The molecule has 12 heavy (non-hydrogen) atoms. The molecule has 0 aromatic rings. The third-order valence-electron chi connectivity index (χ3n) is 2.26. The number of aliphatic imine (C=N–C) groups is 1. The number of nitrogens with zero attached hydrogens (tertiary/aromatic N) is 1. The van der Waals surface area contributed by atoms with Gasteiger partial charge in [0.25, 0.3) is 0 Å². The molecule has 72 valence electrons. The minimum atomic E-state index is -0.649. The molecule has 0 aliphatic heterocycles. The SMILES string of the molecule is CCCC(O)(CC)C(C)=NC.[Sm]. The van der Waals surface area contributed by atoms with Crippen LogP contribution in [0.25, 0.3) is 0 Å². The molecule has 0 bridgehead atoms. The Labute approximate surface area is 108 Å². The van der Waals surface area contributed by atoms with Crippen molar-refractivity contribution in [3.05, 3.63) is 0 Å². The normalized spacial score (nSPS) is 16.6. The van der Waals surface area contributed by atoms with Crippen LogP contribution in [0.2, 0.25) is 0 Å². The molecule has 3 heteroatoms. The molecule has 0 aliphatic rings. The molecule has 0 saturated heterocycles. The van der Waals surface area contributed by atoms with Gasteiger partial charge < -0.3 is 5.11 Å². The van der Waals surface area contributed by atoms with Crippen molar-refractivity contribution in [3.63, 3.8) is 0 Å². The minimum absolute atomic E-state index is 0. The number of hydrogen-bond acceptors (Lipinski definition) is 2. The molecule has 0 fully saturated rings. The summed E-state index contributed by atoms with van der Waals surface area (Å²) in [5, 5.41) is 9.96. The van der Waals surface area contributed by atoms with Crippen molar-refractivity contribution in [2.75, 3.05) is 7.05 Å². The van der Waals surface area contributed by atoms with E-state index in [9.17, 15) is 5.11 Å². The molecule has 0 aromatic heterocycles. The van der Waals surface area contributed by atoms with E-state index in [0.29, 0.717) is 0 Å². The van der Waals surface area contributed by atoms with Gasteiger partial charge in [-0.25, -0.2) is 0 Å². The first-order valence-corrected chi connectivity index (χ1v) is 4.27. The molecular formula is C9H19NOSm. The maximum absolute atomic E-state index is 9.96. The van der Waals surface area contributed by atoms with Crippen molar-refractivity contribution in [3.8, 4) is 0 Å². The third-order valence-corrected chi connectivity index (χ3v) is 2.26. The van der Waals surface area contributed by atoms with Gasteiger partial charge in [0.05, 0.1) is 0 Å². The molecular weight excluding hydrogens is 288 g/mol. The summed E-state index contributed by atoms with van der Waals surface area (Å²) in [6.07, 6.45) is 2.56. The summed E-state index contributed by atoms with van der Waals surface area (Å²) in [6, 6.07) is 0. The fraction of sp³-hybridized carbons (Fsp3) is 0.889. The van der Waals surface area contributed by atoms with E-state index in [4.69, 9.17) is 0 Å². The molecule has 0 spiro atoms. The fourth-order valence-electron chi connectivity index (χ4n) is 1.24. The molecule has 1 unspecified atom stereocenters. The third kappa shape index (κ3) is 4.27. The second-order valence-electron chi connectivity index (χ2n) is 2.94. The van der Waals surface area contributed by atoms with Crippen molar-refractivity contribution in [1.29, 1.82) is 0 Å². The molecule has 0 aliphatic carbocycles. The first-order valence-electron chi connectivity index (χ1n) is 4.27. The number of hydrogen-bond donors (Lipinski definition) is 1. The molecule has 0 aromatic carbocycles. The molecule has 1 atom stereocenters. The van der Waals surface area contributed by atoms with Crippen molar-refractivity contribution in [1.82, 2.24) is 0 Å². The average Bonchev–Trinajstić information content (AvgIpc) is 2.03. The van der Waals surface area contributed by atoms with E-state index >= 15 is 0 Å². The van der Waals surface area contributed by atoms with Crippen LogP contribution in [0.5, 0.6) is 0 Å². The topological polar surface area (TPSA) is 32.6 Å². The van der Waals surface area contributed by atoms with E-state index in [-0.39, 0.29) is 40.4 Å². The fourth-order valence-corrected chi connectivity index (χ4v) is 1.24. The van der Waals surface area contributed by atoms with E-state index in [1.165, 1.54) is 0 Å². The standard InChI is InChI=1S/C9H19NO.Sm/c1-5-7-9(11,6-2)8(3)10-4;/h11H,5-7H2,1-4H3;. The summed E-state index contributed by atoms with van der Waals surface area (Å²) in [5.41, 5.74) is 0.200.